The summed E-state index contributed by atoms with van der Waals surface area (Å²) < 4.78 is 0. The quantitative estimate of drug-likeness (QED) is 0.887. The molecule has 3 rings (SSSR count). The van der Waals surface area contributed by atoms with Crippen molar-refractivity contribution in [3.8, 4) is 0 Å². The molecule has 1 aliphatic carbocycles. The second-order valence-electron chi connectivity index (χ2n) is 5.40. The number of rotatable bonds is 2. The van der Waals surface area contributed by atoms with Crippen molar-refractivity contribution < 1.29 is 4.79 Å². The second kappa shape index (κ2) is 5.52. The molecule has 2 aromatic rings. The normalized spacial score (nSPS) is 13.6. The molecule has 0 unspecified atom stereocenters. The van der Waals surface area contributed by atoms with E-state index in [9.17, 15) is 9.59 Å². The van der Waals surface area contributed by atoms with Crippen molar-refractivity contribution in [2.24, 2.45) is 0 Å². The maximum atomic E-state index is 12.3. The minimum absolute atomic E-state index is 0.152. The first-order valence-corrected chi connectivity index (χ1v) is 7.12. The number of hydrogen-bond acceptors (Lipinski definition) is 3. The summed E-state index contributed by atoms with van der Waals surface area (Å²) in [5.74, 6) is 0.0415. The molecule has 1 amide bonds. The molecule has 0 fully saturated rings. The van der Waals surface area contributed by atoms with E-state index in [2.05, 4.69) is 15.3 Å². The Labute approximate surface area is 122 Å². The molecular formula is C16H17N3O2. The van der Waals surface area contributed by atoms with E-state index in [1.54, 1.807) is 18.3 Å². The van der Waals surface area contributed by atoms with Gasteiger partial charge < -0.3 is 10.3 Å². The molecule has 0 saturated heterocycles. The van der Waals surface area contributed by atoms with Crippen molar-refractivity contribution in [3.63, 3.8) is 0 Å². The fraction of sp³-hybridized carbons (Fsp3) is 0.312. The zero-order valence-corrected chi connectivity index (χ0v) is 11.9. The summed E-state index contributed by atoms with van der Waals surface area (Å²) >= 11 is 0. The van der Waals surface area contributed by atoms with Crippen LogP contribution in [0.2, 0.25) is 0 Å². The number of pyridine rings is 2. The molecule has 5 heteroatoms. The van der Waals surface area contributed by atoms with E-state index in [0.717, 1.165) is 42.5 Å². The molecule has 0 bridgehead atoms. The average molecular weight is 283 g/mol. The van der Waals surface area contributed by atoms with Crippen LogP contribution in [0.15, 0.2) is 29.2 Å². The Morgan fingerprint density at radius 1 is 1.29 bits per heavy atom. The molecular weight excluding hydrogens is 266 g/mol. The van der Waals surface area contributed by atoms with Crippen LogP contribution in [0.4, 0.5) is 5.82 Å². The first kappa shape index (κ1) is 13.5. The highest BCUT2D eigenvalue weighted by atomic mass is 16.2. The molecule has 108 valence electrons. The second-order valence-corrected chi connectivity index (χ2v) is 5.40. The standard InChI is InChI=1S/C16H17N3O2/c1-10-6-7-17-14(8-10)19-16(21)12-9-11-4-2-3-5-13(11)18-15(12)20/h6-9H,2-5H2,1H3,(H,18,20)(H,17,19,21). The van der Waals surface area contributed by atoms with E-state index < -0.39 is 5.91 Å². The zero-order chi connectivity index (χ0) is 14.8. The number of H-pyrrole nitrogens is 1. The lowest BCUT2D eigenvalue weighted by molar-refractivity contribution is 0.102. The third-order valence-corrected chi connectivity index (χ3v) is 3.74. The molecule has 2 aromatic heterocycles. The number of carbonyl (C=O) groups is 1. The van der Waals surface area contributed by atoms with Gasteiger partial charge in [-0.15, -0.1) is 0 Å². The number of aromatic amines is 1. The number of amides is 1. The van der Waals surface area contributed by atoms with Crippen molar-refractivity contribution >= 4 is 11.7 Å². The number of aryl methyl sites for hydroxylation is 3. The van der Waals surface area contributed by atoms with Crippen molar-refractivity contribution in [2.75, 3.05) is 5.32 Å². The van der Waals surface area contributed by atoms with Crippen molar-refractivity contribution in [2.45, 2.75) is 32.6 Å². The number of aromatic nitrogens is 2. The van der Waals surface area contributed by atoms with Crippen LogP contribution in [-0.2, 0) is 12.8 Å². The lowest BCUT2D eigenvalue weighted by Crippen LogP contribution is -2.26. The molecule has 0 aromatic carbocycles. The maximum absolute atomic E-state index is 12.3. The van der Waals surface area contributed by atoms with Crippen molar-refractivity contribution in [3.05, 3.63) is 57.1 Å². The molecule has 0 spiro atoms. The van der Waals surface area contributed by atoms with Gasteiger partial charge in [0.05, 0.1) is 0 Å². The minimum atomic E-state index is -0.414. The lowest BCUT2D eigenvalue weighted by atomic mass is 9.95. The predicted octanol–water partition coefficient (Wildman–Crippen LogP) is 2.21. The number of hydrogen-bond donors (Lipinski definition) is 2. The number of nitrogens with one attached hydrogen (secondary N) is 2. The van der Waals surface area contributed by atoms with Gasteiger partial charge in [0.1, 0.15) is 11.4 Å². The van der Waals surface area contributed by atoms with Gasteiger partial charge in [-0.3, -0.25) is 9.59 Å². The fourth-order valence-corrected chi connectivity index (χ4v) is 2.63. The van der Waals surface area contributed by atoms with Crippen molar-refractivity contribution in [1.82, 2.24) is 9.97 Å². The Morgan fingerprint density at radius 2 is 2.10 bits per heavy atom. The van der Waals surface area contributed by atoms with Crippen molar-refractivity contribution in [1.29, 1.82) is 0 Å². The van der Waals surface area contributed by atoms with Crippen LogP contribution in [0.25, 0.3) is 0 Å². The Balaban J connectivity index is 1.89. The van der Waals surface area contributed by atoms with Gasteiger partial charge in [-0.1, -0.05) is 0 Å². The van der Waals surface area contributed by atoms with Crippen LogP contribution in [-0.4, -0.2) is 15.9 Å². The molecule has 0 atom stereocenters. The summed E-state index contributed by atoms with van der Waals surface area (Å²) in [5.41, 5.74) is 2.86. The van der Waals surface area contributed by atoms with Gasteiger partial charge in [-0.05, 0) is 61.9 Å². The van der Waals surface area contributed by atoms with Gasteiger partial charge in [0.15, 0.2) is 0 Å². The lowest BCUT2D eigenvalue weighted by Gasteiger charge is -2.15. The van der Waals surface area contributed by atoms with E-state index in [-0.39, 0.29) is 11.1 Å². The fourth-order valence-electron chi connectivity index (χ4n) is 2.63. The maximum Gasteiger partial charge on any atom is 0.262 e. The smallest absolute Gasteiger partial charge is 0.262 e. The molecule has 0 aliphatic heterocycles. The first-order valence-electron chi connectivity index (χ1n) is 7.12. The van der Waals surface area contributed by atoms with E-state index in [0.29, 0.717) is 5.82 Å². The SMILES string of the molecule is Cc1ccnc(NC(=O)c2cc3c([nH]c2=O)CCCC3)c1. The number of anilines is 1. The summed E-state index contributed by atoms with van der Waals surface area (Å²) in [4.78, 5) is 31.2. The van der Waals surface area contributed by atoms with Gasteiger partial charge in [-0.2, -0.15) is 0 Å². The van der Waals surface area contributed by atoms with Gasteiger partial charge in [0, 0.05) is 11.9 Å². The third-order valence-electron chi connectivity index (χ3n) is 3.74. The van der Waals surface area contributed by atoms with Crippen LogP contribution >= 0.6 is 0 Å². The topological polar surface area (TPSA) is 74.8 Å². The highest BCUT2D eigenvalue weighted by molar-refractivity contribution is 6.03. The number of carbonyl (C=O) groups excluding carboxylic acids is 1. The monoisotopic (exact) mass is 283 g/mol. The molecule has 21 heavy (non-hydrogen) atoms. The number of fused-ring (bicyclic) bond motifs is 1. The van der Waals surface area contributed by atoms with E-state index in [4.69, 9.17) is 0 Å². The molecule has 2 heterocycles. The van der Waals surface area contributed by atoms with E-state index in [1.807, 2.05) is 13.0 Å². The van der Waals surface area contributed by atoms with E-state index in [1.165, 1.54) is 0 Å². The number of nitrogens with zero attached hydrogens (tertiary/aromatic N) is 1. The first-order chi connectivity index (χ1) is 10.1. The summed E-state index contributed by atoms with van der Waals surface area (Å²) in [7, 11) is 0. The highest BCUT2D eigenvalue weighted by Crippen LogP contribution is 2.18. The molecule has 0 saturated carbocycles. The van der Waals surface area contributed by atoms with Gasteiger partial charge in [-0.25, -0.2) is 4.98 Å². The van der Waals surface area contributed by atoms with Gasteiger partial charge in [0.25, 0.3) is 11.5 Å². The molecule has 0 radical (unpaired) electrons. The average Bonchev–Trinajstić information content (AvgIpc) is 2.46. The van der Waals surface area contributed by atoms with Crippen LogP contribution in [0, 0.1) is 6.92 Å². The largest absolute Gasteiger partial charge is 0.325 e. The summed E-state index contributed by atoms with van der Waals surface area (Å²) in [6.07, 6.45) is 5.60. The molecule has 2 N–H and O–H groups in total. The highest BCUT2D eigenvalue weighted by Gasteiger charge is 2.17. The summed E-state index contributed by atoms with van der Waals surface area (Å²) in [5, 5.41) is 2.68. The zero-order valence-electron chi connectivity index (χ0n) is 11.9. The molecule has 1 aliphatic rings. The Bertz CT molecular complexity index is 749. The van der Waals surface area contributed by atoms with Crippen LogP contribution in [0.3, 0.4) is 0 Å². The van der Waals surface area contributed by atoms with Crippen LogP contribution in [0.5, 0.6) is 0 Å². The summed E-state index contributed by atoms with van der Waals surface area (Å²) in [6, 6.07) is 5.34. The van der Waals surface area contributed by atoms with Crippen LogP contribution in [0.1, 0.15) is 40.0 Å². The minimum Gasteiger partial charge on any atom is -0.325 e. The van der Waals surface area contributed by atoms with Gasteiger partial charge >= 0.3 is 0 Å². The van der Waals surface area contributed by atoms with E-state index >= 15 is 0 Å². The Hall–Kier alpha value is -2.43. The van der Waals surface area contributed by atoms with Crippen LogP contribution < -0.4 is 10.9 Å². The Kier molecular flexibility index (Phi) is 3.56. The third kappa shape index (κ3) is 2.86. The summed E-state index contributed by atoms with van der Waals surface area (Å²) in [6.45, 7) is 1.92. The predicted molar refractivity (Wildman–Crippen MR) is 80.6 cm³/mol. The Morgan fingerprint density at radius 3 is 2.90 bits per heavy atom. The van der Waals surface area contributed by atoms with Gasteiger partial charge in [0.2, 0.25) is 0 Å². The molecule has 5 nitrogen and oxygen atoms in total.